The standard InChI is InChI=1S/C13H17F3N2O/c1-8(2)18-12(19)7-17-10-5-4-9(3)11(6-10)13(14,15)16/h4-6,8,17H,7H2,1-3H3,(H,18,19). The predicted molar refractivity (Wildman–Crippen MR) is 67.9 cm³/mol. The van der Waals surface area contributed by atoms with E-state index in [1.807, 2.05) is 13.8 Å². The Morgan fingerprint density at radius 3 is 2.47 bits per heavy atom. The van der Waals surface area contributed by atoms with Crippen LogP contribution in [0.15, 0.2) is 18.2 Å². The van der Waals surface area contributed by atoms with Crippen LogP contribution in [0.25, 0.3) is 0 Å². The molecule has 6 heteroatoms. The van der Waals surface area contributed by atoms with Crippen molar-refractivity contribution in [1.82, 2.24) is 5.32 Å². The number of amides is 1. The molecular formula is C13H17F3N2O. The number of nitrogens with one attached hydrogen (secondary N) is 2. The van der Waals surface area contributed by atoms with Gasteiger partial charge in [-0.25, -0.2) is 0 Å². The average Bonchev–Trinajstić information content (AvgIpc) is 2.25. The Balaban J connectivity index is 2.73. The van der Waals surface area contributed by atoms with E-state index in [0.29, 0.717) is 0 Å². The van der Waals surface area contributed by atoms with Crippen molar-refractivity contribution in [3.05, 3.63) is 29.3 Å². The molecule has 0 bridgehead atoms. The van der Waals surface area contributed by atoms with Gasteiger partial charge in [0, 0.05) is 11.7 Å². The molecule has 1 aromatic rings. The summed E-state index contributed by atoms with van der Waals surface area (Å²) in [7, 11) is 0. The molecule has 0 aliphatic rings. The van der Waals surface area contributed by atoms with Crippen LogP contribution in [0, 0.1) is 6.92 Å². The summed E-state index contributed by atoms with van der Waals surface area (Å²) < 4.78 is 38.1. The van der Waals surface area contributed by atoms with Gasteiger partial charge in [0.25, 0.3) is 0 Å². The maximum absolute atomic E-state index is 12.7. The summed E-state index contributed by atoms with van der Waals surface area (Å²) in [5.41, 5.74) is -0.261. The molecule has 1 rings (SSSR count). The third kappa shape index (κ3) is 4.81. The molecule has 1 amide bonds. The van der Waals surface area contributed by atoms with Crippen LogP contribution in [0.2, 0.25) is 0 Å². The molecule has 0 saturated carbocycles. The first-order valence-corrected chi connectivity index (χ1v) is 5.91. The molecule has 106 valence electrons. The normalized spacial score (nSPS) is 11.5. The molecule has 0 saturated heterocycles. The second kappa shape index (κ2) is 5.95. The van der Waals surface area contributed by atoms with Gasteiger partial charge in [0.1, 0.15) is 0 Å². The van der Waals surface area contributed by atoms with E-state index in [1.54, 1.807) is 0 Å². The van der Waals surface area contributed by atoms with Crippen LogP contribution in [0.5, 0.6) is 0 Å². The molecule has 0 spiro atoms. The summed E-state index contributed by atoms with van der Waals surface area (Å²) in [4.78, 5) is 11.4. The van der Waals surface area contributed by atoms with Gasteiger partial charge in [-0.15, -0.1) is 0 Å². The molecule has 0 radical (unpaired) electrons. The van der Waals surface area contributed by atoms with Gasteiger partial charge >= 0.3 is 6.18 Å². The SMILES string of the molecule is Cc1ccc(NCC(=O)NC(C)C)cc1C(F)(F)F. The Morgan fingerprint density at radius 1 is 1.32 bits per heavy atom. The lowest BCUT2D eigenvalue weighted by molar-refractivity contribution is -0.138. The highest BCUT2D eigenvalue weighted by Crippen LogP contribution is 2.33. The molecule has 0 fully saturated rings. The van der Waals surface area contributed by atoms with Crippen molar-refractivity contribution < 1.29 is 18.0 Å². The van der Waals surface area contributed by atoms with Gasteiger partial charge in [-0.2, -0.15) is 13.2 Å². The number of halogens is 3. The fourth-order valence-electron chi connectivity index (χ4n) is 1.59. The first-order chi connectivity index (χ1) is 8.70. The number of carbonyl (C=O) groups excluding carboxylic acids is 1. The Labute approximate surface area is 110 Å². The van der Waals surface area contributed by atoms with Crippen LogP contribution < -0.4 is 10.6 Å². The van der Waals surface area contributed by atoms with Crippen LogP contribution in [-0.2, 0) is 11.0 Å². The number of alkyl halides is 3. The third-order valence-electron chi connectivity index (χ3n) is 2.45. The van der Waals surface area contributed by atoms with E-state index in [0.717, 1.165) is 6.07 Å². The molecule has 2 N–H and O–H groups in total. The van der Waals surface area contributed by atoms with E-state index in [4.69, 9.17) is 0 Å². The lowest BCUT2D eigenvalue weighted by Gasteiger charge is -2.14. The van der Waals surface area contributed by atoms with Gasteiger partial charge in [0.05, 0.1) is 12.1 Å². The Kier molecular flexibility index (Phi) is 4.80. The van der Waals surface area contributed by atoms with Crippen molar-refractivity contribution in [2.75, 3.05) is 11.9 Å². The summed E-state index contributed by atoms with van der Waals surface area (Å²) in [6.07, 6.45) is -4.39. The molecule has 0 aliphatic heterocycles. The average molecular weight is 274 g/mol. The van der Waals surface area contributed by atoms with Gasteiger partial charge in [0.2, 0.25) is 5.91 Å². The second-order valence-electron chi connectivity index (χ2n) is 4.60. The number of rotatable bonds is 4. The van der Waals surface area contributed by atoms with Gasteiger partial charge < -0.3 is 10.6 Å². The first-order valence-electron chi connectivity index (χ1n) is 5.91. The van der Waals surface area contributed by atoms with E-state index in [-0.39, 0.29) is 29.7 Å². The minimum Gasteiger partial charge on any atom is -0.376 e. The summed E-state index contributed by atoms with van der Waals surface area (Å²) in [5, 5.41) is 5.32. The number of aryl methyl sites for hydroxylation is 1. The van der Waals surface area contributed by atoms with E-state index < -0.39 is 11.7 Å². The monoisotopic (exact) mass is 274 g/mol. The maximum Gasteiger partial charge on any atom is 0.416 e. The molecule has 0 unspecified atom stereocenters. The minimum atomic E-state index is -4.39. The molecule has 19 heavy (non-hydrogen) atoms. The Bertz CT molecular complexity index is 456. The van der Waals surface area contributed by atoms with Gasteiger partial charge in [-0.1, -0.05) is 6.07 Å². The largest absolute Gasteiger partial charge is 0.416 e. The van der Waals surface area contributed by atoms with E-state index in [2.05, 4.69) is 10.6 Å². The highest BCUT2D eigenvalue weighted by atomic mass is 19.4. The Hall–Kier alpha value is -1.72. The topological polar surface area (TPSA) is 41.1 Å². The lowest BCUT2D eigenvalue weighted by atomic mass is 10.1. The van der Waals surface area contributed by atoms with E-state index in [9.17, 15) is 18.0 Å². The van der Waals surface area contributed by atoms with E-state index in [1.165, 1.54) is 19.1 Å². The number of hydrogen-bond donors (Lipinski definition) is 2. The number of carbonyl (C=O) groups is 1. The predicted octanol–water partition coefficient (Wildman–Crippen LogP) is 2.95. The second-order valence-corrected chi connectivity index (χ2v) is 4.60. The van der Waals surface area contributed by atoms with Crippen LogP contribution in [-0.4, -0.2) is 18.5 Å². The van der Waals surface area contributed by atoms with Crippen molar-refractivity contribution in [3.63, 3.8) is 0 Å². The molecule has 0 aliphatic carbocycles. The van der Waals surface area contributed by atoms with Gasteiger partial charge in [0.15, 0.2) is 0 Å². The van der Waals surface area contributed by atoms with Gasteiger partial charge in [-0.3, -0.25) is 4.79 Å². The molecule has 3 nitrogen and oxygen atoms in total. The van der Waals surface area contributed by atoms with Gasteiger partial charge in [-0.05, 0) is 38.5 Å². The summed E-state index contributed by atoms with van der Waals surface area (Å²) in [6.45, 7) is 4.97. The first kappa shape index (κ1) is 15.3. The maximum atomic E-state index is 12.7. The summed E-state index contributed by atoms with van der Waals surface area (Å²) in [6, 6.07) is 3.91. The van der Waals surface area contributed by atoms with Crippen molar-refractivity contribution in [2.45, 2.75) is 33.0 Å². The van der Waals surface area contributed by atoms with E-state index >= 15 is 0 Å². The van der Waals surface area contributed by atoms with Crippen molar-refractivity contribution in [2.24, 2.45) is 0 Å². The Morgan fingerprint density at radius 2 is 1.95 bits per heavy atom. The molecule has 0 atom stereocenters. The molecule has 1 aromatic carbocycles. The summed E-state index contributed by atoms with van der Waals surface area (Å²) >= 11 is 0. The molecule has 0 heterocycles. The number of hydrogen-bond acceptors (Lipinski definition) is 2. The zero-order valence-electron chi connectivity index (χ0n) is 11.1. The third-order valence-corrected chi connectivity index (χ3v) is 2.45. The molecular weight excluding hydrogens is 257 g/mol. The summed E-state index contributed by atoms with van der Waals surface area (Å²) in [5.74, 6) is -0.260. The highest BCUT2D eigenvalue weighted by Gasteiger charge is 2.32. The van der Waals surface area contributed by atoms with Crippen molar-refractivity contribution in [1.29, 1.82) is 0 Å². The minimum absolute atomic E-state index is 0.00180. The van der Waals surface area contributed by atoms with Crippen LogP contribution in [0.1, 0.15) is 25.0 Å². The zero-order chi connectivity index (χ0) is 14.6. The lowest BCUT2D eigenvalue weighted by Crippen LogP contribution is -2.34. The van der Waals surface area contributed by atoms with Crippen molar-refractivity contribution >= 4 is 11.6 Å². The van der Waals surface area contributed by atoms with Crippen molar-refractivity contribution in [3.8, 4) is 0 Å². The fourth-order valence-corrected chi connectivity index (χ4v) is 1.59. The number of benzene rings is 1. The number of anilines is 1. The van der Waals surface area contributed by atoms with Crippen LogP contribution >= 0.6 is 0 Å². The fraction of sp³-hybridized carbons (Fsp3) is 0.462. The smallest absolute Gasteiger partial charge is 0.376 e. The van der Waals surface area contributed by atoms with Crippen LogP contribution in [0.3, 0.4) is 0 Å². The van der Waals surface area contributed by atoms with Crippen LogP contribution in [0.4, 0.5) is 18.9 Å². The molecule has 0 aromatic heterocycles. The quantitative estimate of drug-likeness (QED) is 0.886. The zero-order valence-corrected chi connectivity index (χ0v) is 11.1. The highest BCUT2D eigenvalue weighted by molar-refractivity contribution is 5.80.